The van der Waals surface area contributed by atoms with E-state index in [0.717, 1.165) is 28.7 Å². The van der Waals surface area contributed by atoms with Crippen LogP contribution in [0.4, 0.5) is 0 Å². The molecule has 1 aliphatic rings. The highest BCUT2D eigenvalue weighted by atomic mass is 16.5. The Morgan fingerprint density at radius 2 is 1.83 bits per heavy atom. The van der Waals surface area contributed by atoms with Gasteiger partial charge in [-0.15, -0.1) is 0 Å². The summed E-state index contributed by atoms with van der Waals surface area (Å²) in [5, 5.41) is 22.7. The number of hydrogen-bond acceptors (Lipinski definition) is 4. The molecule has 0 atom stereocenters. The number of aliphatic hydroxyl groups is 2. The Bertz CT molecular complexity index is 950. The van der Waals surface area contributed by atoms with Crippen molar-refractivity contribution in [3.8, 4) is 11.1 Å². The molecule has 0 aliphatic carbocycles. The van der Waals surface area contributed by atoms with Crippen LogP contribution in [0.3, 0.4) is 0 Å². The zero-order valence-corrected chi connectivity index (χ0v) is 12.9. The van der Waals surface area contributed by atoms with Crippen LogP contribution in [0.5, 0.6) is 0 Å². The number of carbonyl (C=O) groups is 1. The van der Waals surface area contributed by atoms with Crippen LogP contribution in [0.1, 0.15) is 27.8 Å². The fraction of sp³-hybridized carbons (Fsp3) is 0.158. The first-order valence-electron chi connectivity index (χ1n) is 7.80. The van der Waals surface area contributed by atoms with Crippen molar-refractivity contribution in [2.45, 2.75) is 12.7 Å². The Balaban J connectivity index is 1.85. The van der Waals surface area contributed by atoms with Crippen LogP contribution in [0.2, 0.25) is 0 Å². The lowest BCUT2D eigenvalue weighted by atomic mass is 9.94. The number of carbonyl (C=O) groups excluding carboxylic acids is 1. The number of nitrogens with zero attached hydrogens (tertiary/aromatic N) is 1. The van der Waals surface area contributed by atoms with E-state index in [1.54, 1.807) is 12.3 Å². The standard InChI is InChI=1S/C19H16N2O3/c22-18-14-3-1-11(9-13(14)5-7-21-18)12-2-4-17-16(10-12)15(19(23)24)6-8-20-17/h1-4,6,8-10,19,23-24H,5,7H2,(H,21,22). The van der Waals surface area contributed by atoms with E-state index in [-0.39, 0.29) is 5.91 Å². The fourth-order valence-electron chi connectivity index (χ4n) is 3.18. The summed E-state index contributed by atoms with van der Waals surface area (Å²) in [6.45, 7) is 0.651. The lowest BCUT2D eigenvalue weighted by Gasteiger charge is -2.17. The lowest BCUT2D eigenvalue weighted by Crippen LogP contribution is -2.31. The molecule has 4 rings (SSSR count). The van der Waals surface area contributed by atoms with Gasteiger partial charge < -0.3 is 15.5 Å². The molecule has 1 aromatic heterocycles. The van der Waals surface area contributed by atoms with E-state index in [4.69, 9.17) is 0 Å². The van der Waals surface area contributed by atoms with E-state index in [1.807, 2.05) is 36.4 Å². The number of aromatic nitrogens is 1. The van der Waals surface area contributed by atoms with Crippen molar-refractivity contribution in [2.75, 3.05) is 6.54 Å². The van der Waals surface area contributed by atoms with Gasteiger partial charge >= 0.3 is 0 Å². The van der Waals surface area contributed by atoms with Crippen LogP contribution in [-0.2, 0) is 6.42 Å². The summed E-state index contributed by atoms with van der Waals surface area (Å²) in [6.07, 6.45) is 0.830. The third-order valence-electron chi connectivity index (χ3n) is 4.42. The molecule has 0 saturated carbocycles. The summed E-state index contributed by atoms with van der Waals surface area (Å²) in [4.78, 5) is 16.1. The van der Waals surface area contributed by atoms with E-state index in [1.165, 1.54) is 0 Å². The zero-order chi connectivity index (χ0) is 16.7. The first-order chi connectivity index (χ1) is 11.6. The Morgan fingerprint density at radius 3 is 2.67 bits per heavy atom. The van der Waals surface area contributed by atoms with Crippen molar-refractivity contribution in [2.24, 2.45) is 0 Å². The summed E-state index contributed by atoms with van der Waals surface area (Å²) >= 11 is 0. The molecule has 5 heteroatoms. The predicted octanol–water partition coefficient (Wildman–Crippen LogP) is 2.17. The van der Waals surface area contributed by atoms with Crippen molar-refractivity contribution in [3.05, 3.63) is 65.4 Å². The lowest BCUT2D eigenvalue weighted by molar-refractivity contribution is -0.0413. The summed E-state index contributed by atoms with van der Waals surface area (Å²) < 4.78 is 0. The number of rotatable bonds is 2. The minimum absolute atomic E-state index is 0.0313. The van der Waals surface area contributed by atoms with E-state index >= 15 is 0 Å². The number of pyridine rings is 1. The van der Waals surface area contributed by atoms with Gasteiger partial charge in [-0.05, 0) is 47.4 Å². The fourth-order valence-corrected chi connectivity index (χ4v) is 3.18. The Kier molecular flexibility index (Phi) is 3.52. The highest BCUT2D eigenvalue weighted by molar-refractivity contribution is 5.97. The first kappa shape index (κ1) is 14.8. The zero-order valence-electron chi connectivity index (χ0n) is 12.9. The van der Waals surface area contributed by atoms with E-state index in [2.05, 4.69) is 10.3 Å². The highest BCUT2D eigenvalue weighted by Gasteiger charge is 2.17. The SMILES string of the molecule is O=C1NCCc2cc(-c3ccc4nccc(C(O)O)c4c3)ccc21. The van der Waals surface area contributed by atoms with Crippen LogP contribution in [0, 0.1) is 0 Å². The molecule has 120 valence electrons. The van der Waals surface area contributed by atoms with Crippen LogP contribution in [0.15, 0.2) is 48.7 Å². The molecule has 3 N–H and O–H groups in total. The first-order valence-corrected chi connectivity index (χ1v) is 7.80. The largest absolute Gasteiger partial charge is 0.364 e. The molecule has 2 aromatic carbocycles. The molecule has 1 aliphatic heterocycles. The molecule has 3 aromatic rings. The van der Waals surface area contributed by atoms with Crippen molar-refractivity contribution >= 4 is 16.8 Å². The number of fused-ring (bicyclic) bond motifs is 2. The molecule has 0 bridgehead atoms. The van der Waals surface area contributed by atoms with Gasteiger partial charge in [0.2, 0.25) is 0 Å². The van der Waals surface area contributed by atoms with Crippen molar-refractivity contribution in [1.29, 1.82) is 0 Å². The van der Waals surface area contributed by atoms with Crippen LogP contribution in [0.25, 0.3) is 22.0 Å². The van der Waals surface area contributed by atoms with Gasteiger partial charge in [-0.25, -0.2) is 0 Å². The quantitative estimate of drug-likeness (QED) is 0.632. The van der Waals surface area contributed by atoms with Gasteiger partial charge in [-0.3, -0.25) is 9.78 Å². The van der Waals surface area contributed by atoms with Gasteiger partial charge in [0.15, 0.2) is 6.29 Å². The van der Waals surface area contributed by atoms with Gasteiger partial charge in [-0.2, -0.15) is 0 Å². The molecule has 0 unspecified atom stereocenters. The third kappa shape index (κ3) is 2.44. The minimum Gasteiger partial charge on any atom is -0.364 e. The monoisotopic (exact) mass is 320 g/mol. The van der Waals surface area contributed by atoms with Crippen LogP contribution < -0.4 is 5.32 Å². The molecule has 5 nitrogen and oxygen atoms in total. The second-order valence-corrected chi connectivity index (χ2v) is 5.88. The second kappa shape index (κ2) is 5.70. The maximum Gasteiger partial charge on any atom is 0.251 e. The number of hydrogen-bond donors (Lipinski definition) is 3. The van der Waals surface area contributed by atoms with Crippen LogP contribution >= 0.6 is 0 Å². The number of nitrogens with one attached hydrogen (secondary N) is 1. The average Bonchev–Trinajstić information content (AvgIpc) is 2.60. The number of benzene rings is 2. The summed E-state index contributed by atoms with van der Waals surface area (Å²) in [6, 6.07) is 13.1. The molecule has 0 fully saturated rings. The van der Waals surface area contributed by atoms with Crippen LogP contribution in [-0.4, -0.2) is 27.6 Å². The summed E-state index contributed by atoms with van der Waals surface area (Å²) in [5.74, 6) is -0.0313. The van der Waals surface area contributed by atoms with Gasteiger partial charge in [0.25, 0.3) is 5.91 Å². The topological polar surface area (TPSA) is 82.5 Å². The molecule has 0 spiro atoms. The van der Waals surface area contributed by atoms with Crippen molar-refractivity contribution < 1.29 is 15.0 Å². The molecule has 24 heavy (non-hydrogen) atoms. The maximum atomic E-state index is 11.9. The van der Waals surface area contributed by atoms with Crippen molar-refractivity contribution in [3.63, 3.8) is 0 Å². The van der Waals surface area contributed by atoms with E-state index in [9.17, 15) is 15.0 Å². The molecular formula is C19H16N2O3. The Labute approximate surface area is 138 Å². The normalized spacial score (nSPS) is 13.9. The molecule has 0 saturated heterocycles. The average molecular weight is 320 g/mol. The van der Waals surface area contributed by atoms with E-state index < -0.39 is 6.29 Å². The van der Waals surface area contributed by atoms with Gasteiger partial charge in [0, 0.05) is 29.3 Å². The Hall–Kier alpha value is -2.76. The molecule has 0 radical (unpaired) electrons. The minimum atomic E-state index is -1.54. The Morgan fingerprint density at radius 1 is 1.04 bits per heavy atom. The highest BCUT2D eigenvalue weighted by Crippen LogP contribution is 2.29. The second-order valence-electron chi connectivity index (χ2n) is 5.88. The summed E-state index contributed by atoms with van der Waals surface area (Å²) in [5.41, 5.74) is 4.84. The third-order valence-corrected chi connectivity index (χ3v) is 4.42. The molecule has 1 amide bonds. The van der Waals surface area contributed by atoms with Gasteiger partial charge in [0.05, 0.1) is 5.52 Å². The maximum absolute atomic E-state index is 11.9. The van der Waals surface area contributed by atoms with Gasteiger partial charge in [0.1, 0.15) is 0 Å². The number of aliphatic hydroxyl groups excluding tert-OH is 1. The van der Waals surface area contributed by atoms with E-state index in [0.29, 0.717) is 23.0 Å². The van der Waals surface area contributed by atoms with Crippen molar-refractivity contribution in [1.82, 2.24) is 10.3 Å². The summed E-state index contributed by atoms with van der Waals surface area (Å²) in [7, 11) is 0. The predicted molar refractivity (Wildman–Crippen MR) is 90.4 cm³/mol. The number of amides is 1. The molecular weight excluding hydrogens is 304 g/mol. The van der Waals surface area contributed by atoms with Gasteiger partial charge in [-0.1, -0.05) is 18.2 Å². The molecule has 2 heterocycles. The smallest absolute Gasteiger partial charge is 0.251 e.